The molecule has 0 radical (unpaired) electrons. The Morgan fingerprint density at radius 2 is 2.18 bits per heavy atom. The number of hydrogen-bond donors (Lipinski definition) is 1. The molecule has 1 heterocycles. The zero-order valence-electron chi connectivity index (χ0n) is 10.4. The van der Waals surface area contributed by atoms with E-state index in [1.165, 1.54) is 12.8 Å². The number of halogens is 1. The van der Waals surface area contributed by atoms with Gasteiger partial charge in [-0.1, -0.05) is 0 Å². The summed E-state index contributed by atoms with van der Waals surface area (Å²) in [5, 5.41) is 0. The number of nitrogens with zero attached hydrogens (tertiary/aromatic N) is 3. The number of aliphatic imine (C=N–C) groups is 1. The lowest BCUT2D eigenvalue weighted by atomic mass is 10.4. The van der Waals surface area contributed by atoms with Crippen LogP contribution in [0, 0.1) is 13.8 Å². The number of aryl methyl sites for hydroxylation is 2. The van der Waals surface area contributed by atoms with Crippen molar-refractivity contribution >= 4 is 29.9 Å². The smallest absolute Gasteiger partial charge is 0.216 e. The first-order valence-electron chi connectivity index (χ1n) is 5.53. The second-order valence-electron chi connectivity index (χ2n) is 4.27. The molecule has 1 saturated carbocycles. The van der Waals surface area contributed by atoms with E-state index in [0.717, 1.165) is 11.5 Å². The van der Waals surface area contributed by atoms with Crippen molar-refractivity contribution in [3.63, 3.8) is 0 Å². The minimum Gasteiger partial charge on any atom is -0.444 e. The van der Waals surface area contributed by atoms with E-state index in [-0.39, 0.29) is 24.0 Å². The molecule has 17 heavy (non-hydrogen) atoms. The average Bonchev–Trinajstić information content (AvgIpc) is 3.03. The summed E-state index contributed by atoms with van der Waals surface area (Å²) < 4.78 is 5.43. The highest BCUT2D eigenvalue weighted by molar-refractivity contribution is 14.0. The van der Waals surface area contributed by atoms with Gasteiger partial charge in [-0.05, 0) is 26.7 Å². The monoisotopic (exact) mass is 350 g/mol. The Morgan fingerprint density at radius 3 is 2.65 bits per heavy atom. The molecule has 1 aliphatic carbocycles. The molecule has 0 atom stereocenters. The third-order valence-electron chi connectivity index (χ3n) is 2.91. The molecule has 1 aromatic heterocycles. The molecule has 0 aliphatic heterocycles. The van der Waals surface area contributed by atoms with Crippen molar-refractivity contribution in [2.45, 2.75) is 39.3 Å². The van der Waals surface area contributed by atoms with Gasteiger partial charge in [0.15, 0.2) is 5.96 Å². The number of nitrogens with two attached hydrogens (primary N) is 1. The summed E-state index contributed by atoms with van der Waals surface area (Å²) in [6.45, 7) is 4.23. The van der Waals surface area contributed by atoms with Crippen LogP contribution in [0.5, 0.6) is 0 Å². The molecule has 5 nitrogen and oxygen atoms in total. The molecule has 0 spiro atoms. The summed E-state index contributed by atoms with van der Waals surface area (Å²) in [5.41, 5.74) is 6.77. The normalized spacial score (nSPS) is 15.6. The van der Waals surface area contributed by atoms with Crippen molar-refractivity contribution in [2.24, 2.45) is 10.7 Å². The zero-order valence-corrected chi connectivity index (χ0v) is 12.8. The number of hydrogen-bond acceptors (Lipinski definition) is 3. The van der Waals surface area contributed by atoms with Crippen molar-refractivity contribution in [3.8, 4) is 0 Å². The van der Waals surface area contributed by atoms with Crippen LogP contribution >= 0.6 is 24.0 Å². The van der Waals surface area contributed by atoms with Gasteiger partial charge in [0.2, 0.25) is 5.89 Å². The molecule has 2 rings (SSSR count). The van der Waals surface area contributed by atoms with E-state index in [1.54, 1.807) is 0 Å². The Morgan fingerprint density at radius 1 is 1.53 bits per heavy atom. The highest BCUT2D eigenvalue weighted by Crippen LogP contribution is 2.24. The second-order valence-corrected chi connectivity index (χ2v) is 4.27. The summed E-state index contributed by atoms with van der Waals surface area (Å²) in [6, 6.07) is 0.580. The van der Waals surface area contributed by atoms with Gasteiger partial charge in [-0.3, -0.25) is 0 Å². The van der Waals surface area contributed by atoms with Gasteiger partial charge < -0.3 is 15.1 Å². The van der Waals surface area contributed by atoms with Gasteiger partial charge in [-0.25, -0.2) is 9.98 Å². The fourth-order valence-electron chi connectivity index (χ4n) is 1.52. The van der Waals surface area contributed by atoms with E-state index in [9.17, 15) is 0 Å². The maximum absolute atomic E-state index is 5.86. The topological polar surface area (TPSA) is 67.7 Å². The summed E-state index contributed by atoms with van der Waals surface area (Å²) in [5.74, 6) is 2.04. The summed E-state index contributed by atoms with van der Waals surface area (Å²) in [7, 11) is 1.97. The lowest BCUT2D eigenvalue weighted by Gasteiger charge is -2.16. The third-order valence-corrected chi connectivity index (χ3v) is 2.91. The molecule has 0 aromatic carbocycles. The lowest BCUT2D eigenvalue weighted by Crippen LogP contribution is -2.35. The first kappa shape index (κ1) is 14.3. The van der Waals surface area contributed by atoms with E-state index in [1.807, 2.05) is 25.8 Å². The molecule has 2 N–H and O–H groups in total. The predicted molar refractivity (Wildman–Crippen MR) is 77.5 cm³/mol. The Labute approximate surface area is 118 Å². The summed E-state index contributed by atoms with van der Waals surface area (Å²) in [6.07, 6.45) is 2.42. The highest BCUT2D eigenvalue weighted by atomic mass is 127. The molecule has 0 unspecified atom stereocenters. The maximum Gasteiger partial charge on any atom is 0.216 e. The molecule has 0 bridgehead atoms. The molecule has 0 saturated heterocycles. The highest BCUT2D eigenvalue weighted by Gasteiger charge is 2.27. The van der Waals surface area contributed by atoms with E-state index in [0.29, 0.717) is 24.4 Å². The number of rotatable bonds is 3. The van der Waals surface area contributed by atoms with Crippen molar-refractivity contribution in [1.29, 1.82) is 0 Å². The van der Waals surface area contributed by atoms with Crippen molar-refractivity contribution in [3.05, 3.63) is 17.3 Å². The van der Waals surface area contributed by atoms with E-state index in [2.05, 4.69) is 9.98 Å². The largest absolute Gasteiger partial charge is 0.444 e. The van der Waals surface area contributed by atoms with Gasteiger partial charge >= 0.3 is 0 Å². The van der Waals surface area contributed by atoms with Crippen LogP contribution in [-0.4, -0.2) is 28.9 Å². The van der Waals surface area contributed by atoms with Crippen LogP contribution in [0.4, 0.5) is 0 Å². The average molecular weight is 350 g/mol. The van der Waals surface area contributed by atoms with Crippen LogP contribution in [0.1, 0.15) is 30.2 Å². The van der Waals surface area contributed by atoms with Crippen LogP contribution in [0.25, 0.3) is 0 Å². The minimum atomic E-state index is 0. The van der Waals surface area contributed by atoms with Crippen LogP contribution in [0.2, 0.25) is 0 Å². The molecule has 1 fully saturated rings. The standard InChI is InChI=1S/C11H18N4O.HI/c1-7-8(2)16-10(14-7)6-13-11(12)15(3)9-4-5-9;/h9H,4-6H2,1-3H3,(H2,12,13);1H. The van der Waals surface area contributed by atoms with Crippen LogP contribution in [0.15, 0.2) is 9.41 Å². The van der Waals surface area contributed by atoms with Gasteiger partial charge in [0.1, 0.15) is 12.3 Å². The quantitative estimate of drug-likeness (QED) is 0.513. The lowest BCUT2D eigenvalue weighted by molar-refractivity contribution is 0.463. The Balaban J connectivity index is 0.00000144. The summed E-state index contributed by atoms with van der Waals surface area (Å²) in [4.78, 5) is 10.5. The molecular formula is C11H19IN4O. The predicted octanol–water partition coefficient (Wildman–Crippen LogP) is 1.82. The number of guanidine groups is 1. The first-order valence-corrected chi connectivity index (χ1v) is 5.53. The summed E-state index contributed by atoms with van der Waals surface area (Å²) >= 11 is 0. The zero-order chi connectivity index (χ0) is 11.7. The number of aromatic nitrogens is 1. The Kier molecular flexibility index (Phi) is 4.79. The van der Waals surface area contributed by atoms with E-state index < -0.39 is 0 Å². The van der Waals surface area contributed by atoms with E-state index in [4.69, 9.17) is 10.2 Å². The molecule has 0 amide bonds. The van der Waals surface area contributed by atoms with Gasteiger partial charge in [0.25, 0.3) is 0 Å². The molecule has 1 aromatic rings. The molecule has 96 valence electrons. The van der Waals surface area contributed by atoms with Gasteiger partial charge in [-0.15, -0.1) is 24.0 Å². The Hall–Kier alpha value is -0.790. The van der Waals surface area contributed by atoms with Crippen molar-refractivity contribution < 1.29 is 4.42 Å². The second kappa shape index (κ2) is 5.70. The molecule has 6 heteroatoms. The molecule has 1 aliphatic rings. The van der Waals surface area contributed by atoms with Gasteiger partial charge in [0, 0.05) is 13.1 Å². The van der Waals surface area contributed by atoms with Crippen molar-refractivity contribution in [2.75, 3.05) is 7.05 Å². The Bertz CT molecular complexity index is 392. The van der Waals surface area contributed by atoms with Gasteiger partial charge in [-0.2, -0.15) is 0 Å². The van der Waals surface area contributed by atoms with Crippen LogP contribution < -0.4 is 5.73 Å². The van der Waals surface area contributed by atoms with Crippen molar-refractivity contribution in [1.82, 2.24) is 9.88 Å². The van der Waals surface area contributed by atoms with E-state index >= 15 is 0 Å². The van der Waals surface area contributed by atoms with Gasteiger partial charge in [0.05, 0.1) is 5.69 Å². The fourth-order valence-corrected chi connectivity index (χ4v) is 1.52. The first-order chi connectivity index (χ1) is 7.58. The maximum atomic E-state index is 5.86. The third kappa shape index (κ3) is 3.58. The minimum absolute atomic E-state index is 0. The SMILES string of the molecule is Cc1nc(CN=C(N)N(C)C2CC2)oc1C.I. The van der Waals surface area contributed by atoms with Crippen LogP contribution in [-0.2, 0) is 6.54 Å². The fraction of sp³-hybridized carbons (Fsp3) is 0.636. The number of oxazole rings is 1. The molecular weight excluding hydrogens is 331 g/mol. The van der Waals surface area contributed by atoms with Crippen LogP contribution in [0.3, 0.4) is 0 Å².